The minimum atomic E-state index is -0.331. The van der Waals surface area contributed by atoms with Crippen LogP contribution in [0.25, 0.3) is 27.7 Å². The third-order valence-electron chi connectivity index (χ3n) is 9.05. The number of rotatable bonds is 11. The first-order chi connectivity index (χ1) is 20.5. The minimum Gasteiger partial charge on any atom is -0.492 e. The Hall–Kier alpha value is -3.66. The number of aromatic nitrogens is 5. The average Bonchev–Trinajstić information content (AvgIpc) is 3.69. The SMILES string of the molecule is CCCCCCC(C)C(=O)OC1N(c2ccc(-c3cc(OCC)cn4nc5[nH]ncc5c34)cn2)CCC12CCCNC2. The molecule has 10 nitrogen and oxygen atoms in total. The molecule has 224 valence electrons. The summed E-state index contributed by atoms with van der Waals surface area (Å²) in [5, 5.41) is 16.3. The minimum absolute atomic E-state index is 0.0926. The van der Waals surface area contributed by atoms with Crippen LogP contribution in [0.15, 0.2) is 36.8 Å². The van der Waals surface area contributed by atoms with E-state index in [9.17, 15) is 4.79 Å². The number of aromatic amines is 1. The quantitative estimate of drug-likeness (QED) is 0.173. The number of hydrogen-bond donors (Lipinski definition) is 2. The molecule has 1 spiro atoms. The summed E-state index contributed by atoms with van der Waals surface area (Å²) in [6.45, 7) is 9.42. The summed E-state index contributed by atoms with van der Waals surface area (Å²) in [6.07, 6.45) is 13.9. The monoisotopic (exact) mass is 573 g/mol. The number of pyridine rings is 2. The van der Waals surface area contributed by atoms with Gasteiger partial charge in [0.1, 0.15) is 11.6 Å². The largest absolute Gasteiger partial charge is 0.492 e. The molecule has 2 aliphatic rings. The zero-order chi connectivity index (χ0) is 29.1. The van der Waals surface area contributed by atoms with Crippen molar-refractivity contribution in [2.75, 3.05) is 31.1 Å². The topological polar surface area (TPSA) is 110 Å². The van der Waals surface area contributed by atoms with Gasteiger partial charge in [-0.05, 0) is 57.4 Å². The summed E-state index contributed by atoms with van der Waals surface area (Å²) < 4.78 is 14.1. The molecule has 6 heterocycles. The molecule has 4 aromatic heterocycles. The summed E-state index contributed by atoms with van der Waals surface area (Å²) >= 11 is 0. The van der Waals surface area contributed by atoms with Crippen LogP contribution < -0.4 is 15.0 Å². The van der Waals surface area contributed by atoms with E-state index in [1.165, 1.54) is 19.3 Å². The van der Waals surface area contributed by atoms with Gasteiger partial charge in [0.2, 0.25) is 0 Å². The fourth-order valence-electron chi connectivity index (χ4n) is 6.70. The van der Waals surface area contributed by atoms with Crippen LogP contribution in [0.3, 0.4) is 0 Å². The predicted molar refractivity (Wildman–Crippen MR) is 164 cm³/mol. The number of nitrogens with zero attached hydrogens (tertiary/aromatic N) is 5. The van der Waals surface area contributed by atoms with Crippen LogP contribution in [0.2, 0.25) is 0 Å². The van der Waals surface area contributed by atoms with Gasteiger partial charge in [0, 0.05) is 35.8 Å². The molecule has 0 aromatic carbocycles. The van der Waals surface area contributed by atoms with E-state index in [-0.39, 0.29) is 23.5 Å². The molecule has 2 saturated heterocycles. The molecule has 2 fully saturated rings. The summed E-state index contributed by atoms with van der Waals surface area (Å²) in [5.41, 5.74) is 3.50. The first kappa shape index (κ1) is 28.5. The molecule has 0 radical (unpaired) electrons. The van der Waals surface area contributed by atoms with Crippen LogP contribution in [0.1, 0.15) is 72.1 Å². The first-order valence-electron chi connectivity index (χ1n) is 15.7. The van der Waals surface area contributed by atoms with E-state index in [4.69, 9.17) is 14.5 Å². The lowest BCUT2D eigenvalue weighted by Gasteiger charge is -2.40. The summed E-state index contributed by atoms with van der Waals surface area (Å²) in [7, 11) is 0. The van der Waals surface area contributed by atoms with Gasteiger partial charge in [0.05, 0.1) is 35.8 Å². The van der Waals surface area contributed by atoms with Crippen molar-refractivity contribution in [3.63, 3.8) is 0 Å². The molecule has 0 aliphatic carbocycles. The normalized spacial score (nSPS) is 21.4. The highest BCUT2D eigenvalue weighted by Crippen LogP contribution is 2.45. The van der Waals surface area contributed by atoms with E-state index in [1.54, 1.807) is 6.20 Å². The second-order valence-corrected chi connectivity index (χ2v) is 12.0. The highest BCUT2D eigenvalue weighted by atomic mass is 16.6. The molecule has 0 bridgehead atoms. The Bertz CT molecular complexity index is 1510. The van der Waals surface area contributed by atoms with Crippen LogP contribution in [-0.4, -0.2) is 63.2 Å². The standard InChI is InChI=1S/C32H43N7O3/c1-4-6-7-8-10-22(3)30(40)42-31-32(13-9-15-33-21-32)14-16-38(31)27-12-11-23(18-34-27)25-17-24(41-5-2)20-39-28(25)26-19-35-36-29(26)37-39/h11-12,17-20,22,31,33H,4-10,13-16,21H2,1-3H3,(H,36,37). The van der Waals surface area contributed by atoms with Crippen molar-refractivity contribution >= 4 is 28.3 Å². The fourth-order valence-corrected chi connectivity index (χ4v) is 6.70. The molecular formula is C32H43N7O3. The molecule has 0 amide bonds. The van der Waals surface area contributed by atoms with Gasteiger partial charge in [-0.25, -0.2) is 9.50 Å². The Morgan fingerprint density at radius 3 is 2.86 bits per heavy atom. The molecule has 10 heteroatoms. The number of carbonyl (C=O) groups excluding carboxylic acids is 1. The third-order valence-corrected chi connectivity index (χ3v) is 9.05. The average molecular weight is 574 g/mol. The van der Waals surface area contributed by atoms with Crippen molar-refractivity contribution in [3.8, 4) is 16.9 Å². The Balaban J connectivity index is 1.28. The number of H-pyrrole nitrogens is 1. The van der Waals surface area contributed by atoms with Gasteiger partial charge >= 0.3 is 5.97 Å². The molecule has 2 N–H and O–H groups in total. The van der Waals surface area contributed by atoms with Gasteiger partial charge in [0.25, 0.3) is 0 Å². The lowest BCUT2D eigenvalue weighted by atomic mass is 9.78. The summed E-state index contributed by atoms with van der Waals surface area (Å²) in [5.74, 6) is 1.37. The molecule has 6 rings (SSSR count). The number of nitrogens with one attached hydrogen (secondary N) is 2. The van der Waals surface area contributed by atoms with E-state index >= 15 is 0 Å². The van der Waals surface area contributed by atoms with Crippen LogP contribution >= 0.6 is 0 Å². The molecule has 3 atom stereocenters. The second-order valence-electron chi connectivity index (χ2n) is 12.0. The number of fused-ring (bicyclic) bond motifs is 3. The molecule has 3 unspecified atom stereocenters. The lowest BCUT2D eigenvalue weighted by molar-refractivity contribution is -0.159. The molecule has 42 heavy (non-hydrogen) atoms. The molecule has 2 aliphatic heterocycles. The van der Waals surface area contributed by atoms with Gasteiger partial charge < -0.3 is 19.7 Å². The van der Waals surface area contributed by atoms with E-state index < -0.39 is 0 Å². The van der Waals surface area contributed by atoms with E-state index in [2.05, 4.69) is 38.5 Å². The maximum absolute atomic E-state index is 13.4. The number of anilines is 1. The first-order valence-corrected chi connectivity index (χ1v) is 15.7. The summed E-state index contributed by atoms with van der Waals surface area (Å²) in [4.78, 5) is 20.5. The zero-order valence-electron chi connectivity index (χ0n) is 25.1. The van der Waals surface area contributed by atoms with Crippen molar-refractivity contribution in [2.24, 2.45) is 11.3 Å². The number of piperidine rings is 1. The van der Waals surface area contributed by atoms with Crippen molar-refractivity contribution < 1.29 is 14.3 Å². The maximum atomic E-state index is 13.4. The van der Waals surface area contributed by atoms with Crippen LogP contribution in [0.4, 0.5) is 5.82 Å². The number of unbranched alkanes of at least 4 members (excludes halogenated alkanes) is 3. The second kappa shape index (κ2) is 12.3. The summed E-state index contributed by atoms with van der Waals surface area (Å²) in [6, 6.07) is 6.17. The van der Waals surface area contributed by atoms with Crippen molar-refractivity contribution in [1.29, 1.82) is 0 Å². The van der Waals surface area contributed by atoms with E-state index in [1.807, 2.05) is 42.9 Å². The van der Waals surface area contributed by atoms with Crippen molar-refractivity contribution in [2.45, 2.75) is 78.4 Å². The number of hydrogen-bond acceptors (Lipinski definition) is 8. The maximum Gasteiger partial charge on any atom is 0.310 e. The number of esters is 1. The number of carbonyl (C=O) groups is 1. The highest BCUT2D eigenvalue weighted by Gasteiger charge is 2.51. The van der Waals surface area contributed by atoms with Crippen LogP contribution in [-0.2, 0) is 9.53 Å². The van der Waals surface area contributed by atoms with Crippen LogP contribution in [0, 0.1) is 11.3 Å². The lowest BCUT2D eigenvalue weighted by Crippen LogP contribution is -2.51. The van der Waals surface area contributed by atoms with Crippen LogP contribution in [0.5, 0.6) is 5.75 Å². The van der Waals surface area contributed by atoms with Gasteiger partial charge in [-0.15, -0.1) is 5.10 Å². The smallest absolute Gasteiger partial charge is 0.310 e. The van der Waals surface area contributed by atoms with E-state index in [0.29, 0.717) is 6.61 Å². The van der Waals surface area contributed by atoms with E-state index in [0.717, 1.165) is 91.0 Å². The molecular weight excluding hydrogens is 530 g/mol. The van der Waals surface area contributed by atoms with Gasteiger partial charge in [0.15, 0.2) is 11.9 Å². The Kier molecular flexibility index (Phi) is 8.33. The highest BCUT2D eigenvalue weighted by molar-refractivity contribution is 6.00. The molecule has 0 saturated carbocycles. The Morgan fingerprint density at radius 1 is 1.19 bits per heavy atom. The number of ether oxygens (including phenoxy) is 2. The molecule has 4 aromatic rings. The predicted octanol–water partition coefficient (Wildman–Crippen LogP) is 5.73. The van der Waals surface area contributed by atoms with Crippen molar-refractivity contribution in [3.05, 3.63) is 36.8 Å². The Labute approximate surface area is 247 Å². The van der Waals surface area contributed by atoms with Crippen molar-refractivity contribution in [1.82, 2.24) is 30.1 Å². The zero-order valence-corrected chi connectivity index (χ0v) is 25.1. The van der Waals surface area contributed by atoms with Gasteiger partial charge in [-0.1, -0.05) is 39.5 Å². The van der Waals surface area contributed by atoms with Gasteiger partial charge in [-0.2, -0.15) is 5.10 Å². The Morgan fingerprint density at radius 2 is 2.10 bits per heavy atom. The fraction of sp³-hybridized carbons (Fsp3) is 0.562. The van der Waals surface area contributed by atoms with Gasteiger partial charge in [-0.3, -0.25) is 9.89 Å². The third kappa shape index (κ3) is 5.44.